The summed E-state index contributed by atoms with van der Waals surface area (Å²) >= 11 is 0. The highest BCUT2D eigenvalue weighted by Gasteiger charge is 2.23. The lowest BCUT2D eigenvalue weighted by molar-refractivity contribution is -0.0721. The number of halogens is 1. The second kappa shape index (κ2) is 14.2. The average molecular weight is 533 g/mol. The molecule has 0 bridgehead atoms. The van der Waals surface area contributed by atoms with Crippen molar-refractivity contribution in [3.05, 3.63) is 18.2 Å². The number of piperidine rings is 1. The van der Waals surface area contributed by atoms with Crippen LogP contribution in [0.25, 0.3) is 0 Å². The highest BCUT2D eigenvalue weighted by molar-refractivity contribution is 14.0. The maximum Gasteiger partial charge on any atom is 0.193 e. The van der Waals surface area contributed by atoms with Crippen molar-refractivity contribution >= 4 is 29.9 Å². The van der Waals surface area contributed by atoms with Crippen molar-refractivity contribution in [2.75, 3.05) is 39.4 Å². The number of rotatable bonds is 9. The molecule has 172 valence electrons. The summed E-state index contributed by atoms with van der Waals surface area (Å²) in [5.41, 5.74) is 0. The number of aliphatic imine (C=N–C) groups is 1. The summed E-state index contributed by atoms with van der Waals surface area (Å²) < 4.78 is 14.1. The molecule has 2 fully saturated rings. The average Bonchev–Trinajstić information content (AvgIpc) is 3.17. The standard InChI is InChI=1S/C22H39N5O2.HI/c1-3-23-22(25-11-5-6-13-26-16-12-24-19(26)2)27-14-9-20(10-15-27)29-18-21-8-4-7-17-28-21;/h12,16,20-21H,3-11,13-15,17-18H2,1-2H3,(H,23,25);1H. The SMILES string of the molecule is CCNC(=NCCCCn1ccnc1C)N1CCC(OCC2CCCCO2)CC1.I. The minimum Gasteiger partial charge on any atom is -0.376 e. The van der Waals surface area contributed by atoms with Crippen LogP contribution in [0.5, 0.6) is 0 Å². The fraction of sp³-hybridized carbons (Fsp3) is 0.818. The van der Waals surface area contributed by atoms with Gasteiger partial charge in [-0.2, -0.15) is 0 Å². The van der Waals surface area contributed by atoms with Crippen molar-refractivity contribution in [2.24, 2.45) is 4.99 Å². The van der Waals surface area contributed by atoms with Crippen molar-refractivity contribution < 1.29 is 9.47 Å². The van der Waals surface area contributed by atoms with Crippen molar-refractivity contribution in [1.29, 1.82) is 0 Å². The maximum absolute atomic E-state index is 6.15. The molecule has 3 heterocycles. The number of ether oxygens (including phenoxy) is 2. The van der Waals surface area contributed by atoms with Crippen LogP contribution in [0.4, 0.5) is 0 Å². The predicted octanol–water partition coefficient (Wildman–Crippen LogP) is 3.61. The molecule has 1 aromatic rings. The number of aromatic nitrogens is 2. The van der Waals surface area contributed by atoms with Gasteiger partial charge in [0.25, 0.3) is 0 Å². The molecule has 0 amide bonds. The minimum atomic E-state index is 0. The van der Waals surface area contributed by atoms with E-state index < -0.39 is 0 Å². The zero-order valence-corrected chi connectivity index (χ0v) is 21.1. The smallest absolute Gasteiger partial charge is 0.193 e. The van der Waals surface area contributed by atoms with Crippen LogP contribution in [-0.4, -0.2) is 72.0 Å². The van der Waals surface area contributed by atoms with Crippen LogP contribution in [0.2, 0.25) is 0 Å². The van der Waals surface area contributed by atoms with Crippen LogP contribution in [0.1, 0.15) is 57.7 Å². The lowest BCUT2D eigenvalue weighted by atomic mass is 10.1. The van der Waals surface area contributed by atoms with E-state index in [9.17, 15) is 0 Å². The second-order valence-electron chi connectivity index (χ2n) is 8.12. The van der Waals surface area contributed by atoms with Crippen LogP contribution in [0.15, 0.2) is 17.4 Å². The highest BCUT2D eigenvalue weighted by atomic mass is 127. The Kier molecular flexibility index (Phi) is 12.1. The number of nitrogens with one attached hydrogen (secondary N) is 1. The van der Waals surface area contributed by atoms with Crippen molar-refractivity contribution in [2.45, 2.75) is 77.5 Å². The number of likely N-dealkylation sites (tertiary alicyclic amines) is 1. The van der Waals surface area contributed by atoms with Gasteiger partial charge in [0, 0.05) is 51.7 Å². The zero-order chi connectivity index (χ0) is 20.3. The van der Waals surface area contributed by atoms with Crippen LogP contribution in [0, 0.1) is 6.92 Å². The van der Waals surface area contributed by atoms with Crippen molar-refractivity contribution in [3.8, 4) is 0 Å². The van der Waals surface area contributed by atoms with Gasteiger partial charge >= 0.3 is 0 Å². The van der Waals surface area contributed by atoms with E-state index in [4.69, 9.17) is 14.5 Å². The quantitative estimate of drug-likeness (QED) is 0.228. The molecule has 0 saturated carbocycles. The lowest BCUT2D eigenvalue weighted by Gasteiger charge is -2.35. The summed E-state index contributed by atoms with van der Waals surface area (Å²) in [5.74, 6) is 2.14. The van der Waals surface area contributed by atoms with Gasteiger partial charge in [0.15, 0.2) is 5.96 Å². The van der Waals surface area contributed by atoms with Gasteiger partial charge in [0.1, 0.15) is 5.82 Å². The first-order chi connectivity index (χ1) is 14.3. The molecule has 8 heteroatoms. The third-order valence-corrected chi connectivity index (χ3v) is 5.86. The summed E-state index contributed by atoms with van der Waals surface area (Å²) in [6, 6.07) is 0. The molecule has 2 aliphatic heterocycles. The number of hydrogen-bond acceptors (Lipinski definition) is 4. The van der Waals surface area contributed by atoms with Crippen LogP contribution in [-0.2, 0) is 16.0 Å². The first-order valence-corrected chi connectivity index (χ1v) is 11.5. The van der Waals surface area contributed by atoms with E-state index in [0.717, 1.165) is 89.8 Å². The molecule has 30 heavy (non-hydrogen) atoms. The minimum absolute atomic E-state index is 0. The van der Waals surface area contributed by atoms with Gasteiger partial charge in [-0.3, -0.25) is 4.99 Å². The highest BCUT2D eigenvalue weighted by Crippen LogP contribution is 2.18. The van der Waals surface area contributed by atoms with Gasteiger partial charge < -0.3 is 24.3 Å². The third kappa shape index (κ3) is 8.34. The molecule has 2 aliphatic rings. The zero-order valence-electron chi connectivity index (χ0n) is 18.7. The number of nitrogens with zero attached hydrogens (tertiary/aromatic N) is 4. The molecule has 1 atom stereocenters. The molecule has 0 radical (unpaired) electrons. The summed E-state index contributed by atoms with van der Waals surface area (Å²) in [6.45, 7) is 10.7. The Labute approximate surface area is 199 Å². The van der Waals surface area contributed by atoms with Gasteiger partial charge in [-0.05, 0) is 58.8 Å². The number of unbranched alkanes of at least 4 members (excludes halogenated alkanes) is 1. The van der Waals surface area contributed by atoms with Crippen LogP contribution < -0.4 is 5.32 Å². The summed E-state index contributed by atoms with van der Waals surface area (Å²) in [5, 5.41) is 3.46. The fourth-order valence-electron chi connectivity index (χ4n) is 4.06. The normalized spacial score (nSPS) is 20.8. The molecule has 0 spiro atoms. The summed E-state index contributed by atoms with van der Waals surface area (Å²) in [6.07, 6.45) is 12.6. The van der Waals surface area contributed by atoms with Gasteiger partial charge in [0.2, 0.25) is 0 Å². The Bertz CT molecular complexity index is 610. The van der Waals surface area contributed by atoms with E-state index in [0.29, 0.717) is 12.2 Å². The van der Waals surface area contributed by atoms with Gasteiger partial charge in [-0.25, -0.2) is 4.98 Å². The van der Waals surface area contributed by atoms with Crippen molar-refractivity contribution in [1.82, 2.24) is 19.8 Å². The predicted molar refractivity (Wildman–Crippen MR) is 132 cm³/mol. The lowest BCUT2D eigenvalue weighted by Crippen LogP contribution is -2.47. The first-order valence-electron chi connectivity index (χ1n) is 11.5. The van der Waals surface area contributed by atoms with E-state index >= 15 is 0 Å². The van der Waals surface area contributed by atoms with Gasteiger partial charge in [-0.1, -0.05) is 0 Å². The largest absolute Gasteiger partial charge is 0.376 e. The van der Waals surface area contributed by atoms with Crippen LogP contribution >= 0.6 is 24.0 Å². The molecule has 1 N–H and O–H groups in total. The Morgan fingerprint density at radius 2 is 2.10 bits per heavy atom. The molecule has 3 rings (SSSR count). The molecule has 0 aromatic carbocycles. The van der Waals surface area contributed by atoms with Crippen LogP contribution in [0.3, 0.4) is 0 Å². The van der Waals surface area contributed by atoms with E-state index in [1.807, 2.05) is 6.20 Å². The Morgan fingerprint density at radius 3 is 2.77 bits per heavy atom. The number of aryl methyl sites for hydroxylation is 2. The Hall–Kier alpha value is -0.870. The maximum atomic E-state index is 6.15. The summed E-state index contributed by atoms with van der Waals surface area (Å²) in [4.78, 5) is 11.5. The molecule has 1 aromatic heterocycles. The summed E-state index contributed by atoms with van der Waals surface area (Å²) in [7, 11) is 0. The van der Waals surface area contributed by atoms with E-state index in [-0.39, 0.29) is 24.0 Å². The first kappa shape index (κ1) is 25.4. The fourth-order valence-corrected chi connectivity index (χ4v) is 4.06. The third-order valence-electron chi connectivity index (χ3n) is 5.86. The van der Waals surface area contributed by atoms with E-state index in [1.165, 1.54) is 12.8 Å². The second-order valence-corrected chi connectivity index (χ2v) is 8.12. The van der Waals surface area contributed by atoms with Crippen molar-refractivity contribution in [3.63, 3.8) is 0 Å². The Morgan fingerprint density at radius 1 is 1.27 bits per heavy atom. The number of imidazole rings is 1. The topological polar surface area (TPSA) is 63.9 Å². The van der Waals surface area contributed by atoms with E-state index in [1.54, 1.807) is 0 Å². The van der Waals surface area contributed by atoms with Gasteiger partial charge in [0.05, 0.1) is 18.8 Å². The molecule has 1 unspecified atom stereocenters. The van der Waals surface area contributed by atoms with E-state index in [2.05, 4.69) is 39.8 Å². The number of hydrogen-bond donors (Lipinski definition) is 1. The Balaban J connectivity index is 0.00000320. The molecular formula is C22H40IN5O2. The molecular weight excluding hydrogens is 493 g/mol. The number of guanidine groups is 1. The molecule has 2 saturated heterocycles. The molecule has 0 aliphatic carbocycles. The monoisotopic (exact) mass is 533 g/mol. The van der Waals surface area contributed by atoms with Gasteiger partial charge in [-0.15, -0.1) is 24.0 Å². The molecule has 7 nitrogen and oxygen atoms in total.